The van der Waals surface area contributed by atoms with Gasteiger partial charge in [0.1, 0.15) is 0 Å². The molecule has 1 heterocycles. The van der Waals surface area contributed by atoms with Crippen molar-refractivity contribution in [3.05, 3.63) is 70.8 Å². The van der Waals surface area contributed by atoms with Gasteiger partial charge < -0.3 is 5.32 Å². The molecule has 1 fully saturated rings. The minimum absolute atomic E-state index is 0.183. The monoisotopic (exact) mass is 394 g/mol. The number of anilines is 2. The lowest BCUT2D eigenvalue weighted by Gasteiger charge is -2.18. The Balaban J connectivity index is 1.57. The van der Waals surface area contributed by atoms with Crippen LogP contribution in [0.2, 0.25) is 5.02 Å². The van der Waals surface area contributed by atoms with Crippen LogP contribution in [-0.2, 0) is 9.59 Å². The van der Waals surface area contributed by atoms with E-state index in [1.165, 1.54) is 4.90 Å². The van der Waals surface area contributed by atoms with Crippen LogP contribution in [0.5, 0.6) is 0 Å². The van der Waals surface area contributed by atoms with Gasteiger partial charge in [0.25, 0.3) is 5.91 Å². The number of fused-ring (bicyclic) bond motifs is 1. The van der Waals surface area contributed by atoms with E-state index in [4.69, 9.17) is 11.6 Å². The topological polar surface area (TPSA) is 66.5 Å². The van der Waals surface area contributed by atoms with Crippen LogP contribution >= 0.6 is 11.6 Å². The molecular weight excluding hydrogens is 376 g/mol. The molecule has 0 aromatic heterocycles. The summed E-state index contributed by atoms with van der Waals surface area (Å²) in [5.41, 5.74) is 2.56. The highest BCUT2D eigenvalue weighted by atomic mass is 35.5. The van der Waals surface area contributed by atoms with Crippen LogP contribution in [0.25, 0.3) is 0 Å². The Kier molecular flexibility index (Phi) is 4.77. The molecule has 0 bridgehead atoms. The highest BCUT2D eigenvalue weighted by molar-refractivity contribution is 6.30. The van der Waals surface area contributed by atoms with Gasteiger partial charge in [-0.05, 0) is 62.2 Å². The maximum atomic E-state index is 12.9. The molecule has 0 unspecified atom stereocenters. The highest BCUT2D eigenvalue weighted by Crippen LogP contribution is 2.39. The van der Waals surface area contributed by atoms with Crippen LogP contribution in [0.4, 0.5) is 11.4 Å². The molecule has 2 aromatic rings. The number of halogens is 1. The molecule has 1 aliphatic carbocycles. The van der Waals surface area contributed by atoms with Gasteiger partial charge in [0.05, 0.1) is 17.5 Å². The maximum Gasteiger partial charge on any atom is 0.255 e. The summed E-state index contributed by atoms with van der Waals surface area (Å²) >= 11 is 5.86. The van der Waals surface area contributed by atoms with Crippen LogP contribution in [0.1, 0.15) is 30.1 Å². The van der Waals surface area contributed by atoms with Crippen molar-refractivity contribution in [1.29, 1.82) is 0 Å². The van der Waals surface area contributed by atoms with Crippen molar-refractivity contribution in [3.63, 3.8) is 0 Å². The van der Waals surface area contributed by atoms with Gasteiger partial charge in [-0.15, -0.1) is 0 Å². The van der Waals surface area contributed by atoms with Crippen molar-refractivity contribution in [3.8, 4) is 0 Å². The number of carbonyl (C=O) groups is 3. The first-order valence-corrected chi connectivity index (χ1v) is 9.52. The molecule has 0 radical (unpaired) electrons. The van der Waals surface area contributed by atoms with Gasteiger partial charge >= 0.3 is 0 Å². The van der Waals surface area contributed by atoms with E-state index < -0.39 is 0 Å². The number of hydrogen-bond acceptors (Lipinski definition) is 3. The summed E-state index contributed by atoms with van der Waals surface area (Å²) in [6.45, 7) is 1.98. The number of rotatable bonds is 3. The zero-order chi connectivity index (χ0) is 19.8. The van der Waals surface area contributed by atoms with Crippen molar-refractivity contribution in [2.24, 2.45) is 11.8 Å². The SMILES string of the molecule is CC1=CC[C@H]2C(=O)N(c3cccc(C(=O)Nc4ccc(Cl)cc4)c3)C(=O)[C@H]2C1. The first kappa shape index (κ1) is 18.4. The van der Waals surface area contributed by atoms with E-state index in [-0.39, 0.29) is 29.6 Å². The number of benzene rings is 2. The normalized spacial score (nSPS) is 21.4. The third kappa shape index (κ3) is 3.34. The van der Waals surface area contributed by atoms with Crippen LogP contribution in [0.3, 0.4) is 0 Å². The van der Waals surface area contributed by atoms with Crippen molar-refractivity contribution in [1.82, 2.24) is 0 Å². The summed E-state index contributed by atoms with van der Waals surface area (Å²) < 4.78 is 0. The van der Waals surface area contributed by atoms with E-state index in [0.29, 0.717) is 34.8 Å². The lowest BCUT2D eigenvalue weighted by Crippen LogP contribution is -2.31. The lowest BCUT2D eigenvalue weighted by atomic mass is 9.82. The molecule has 2 aromatic carbocycles. The third-order valence-electron chi connectivity index (χ3n) is 5.29. The number of nitrogens with one attached hydrogen (secondary N) is 1. The zero-order valence-corrected chi connectivity index (χ0v) is 16.1. The van der Waals surface area contributed by atoms with E-state index in [9.17, 15) is 14.4 Å². The minimum atomic E-state index is -0.321. The number of allylic oxidation sites excluding steroid dienone is 2. The van der Waals surface area contributed by atoms with Gasteiger partial charge in [0.2, 0.25) is 11.8 Å². The van der Waals surface area contributed by atoms with Gasteiger partial charge in [-0.3, -0.25) is 19.3 Å². The predicted octanol–water partition coefficient (Wildman–Crippen LogP) is 4.44. The van der Waals surface area contributed by atoms with Crippen molar-refractivity contribution < 1.29 is 14.4 Å². The summed E-state index contributed by atoms with van der Waals surface area (Å²) in [6, 6.07) is 13.4. The summed E-state index contributed by atoms with van der Waals surface area (Å²) in [5.74, 6) is -1.29. The molecule has 1 saturated heterocycles. The lowest BCUT2D eigenvalue weighted by molar-refractivity contribution is -0.122. The van der Waals surface area contributed by atoms with Gasteiger partial charge in [0, 0.05) is 16.3 Å². The van der Waals surface area contributed by atoms with Gasteiger partial charge in [-0.1, -0.05) is 29.3 Å². The van der Waals surface area contributed by atoms with Gasteiger partial charge in [-0.2, -0.15) is 0 Å². The maximum absolute atomic E-state index is 12.9. The van der Waals surface area contributed by atoms with Crippen LogP contribution in [0.15, 0.2) is 60.2 Å². The Morgan fingerprint density at radius 2 is 1.79 bits per heavy atom. The number of hydrogen-bond donors (Lipinski definition) is 1. The van der Waals surface area contributed by atoms with Crippen molar-refractivity contribution >= 4 is 40.7 Å². The molecular formula is C22H19ClN2O3. The molecule has 0 spiro atoms. The summed E-state index contributed by atoms with van der Waals surface area (Å²) in [6.07, 6.45) is 3.24. The van der Waals surface area contributed by atoms with E-state index in [2.05, 4.69) is 5.32 Å². The Morgan fingerprint density at radius 3 is 2.54 bits per heavy atom. The number of nitrogens with zero attached hydrogens (tertiary/aromatic N) is 1. The summed E-state index contributed by atoms with van der Waals surface area (Å²) in [4.78, 5) is 39.5. The number of carbonyl (C=O) groups excluding carboxylic acids is 3. The highest BCUT2D eigenvalue weighted by Gasteiger charge is 2.48. The van der Waals surface area contributed by atoms with Crippen LogP contribution in [0, 0.1) is 11.8 Å². The smallest absolute Gasteiger partial charge is 0.255 e. The molecule has 1 aliphatic heterocycles. The molecule has 5 nitrogen and oxygen atoms in total. The molecule has 0 saturated carbocycles. The van der Waals surface area contributed by atoms with E-state index >= 15 is 0 Å². The first-order valence-electron chi connectivity index (χ1n) is 9.14. The van der Waals surface area contributed by atoms with Gasteiger partial charge in [0.15, 0.2) is 0 Å². The molecule has 1 N–H and O–H groups in total. The van der Waals surface area contributed by atoms with E-state index in [0.717, 1.165) is 5.57 Å². The van der Waals surface area contributed by atoms with E-state index in [1.807, 2.05) is 13.0 Å². The second-order valence-electron chi connectivity index (χ2n) is 7.23. The fourth-order valence-electron chi connectivity index (χ4n) is 3.81. The predicted molar refractivity (Wildman–Crippen MR) is 108 cm³/mol. The average Bonchev–Trinajstić information content (AvgIpc) is 2.93. The zero-order valence-electron chi connectivity index (χ0n) is 15.3. The summed E-state index contributed by atoms with van der Waals surface area (Å²) in [7, 11) is 0. The fraction of sp³-hybridized carbons (Fsp3) is 0.227. The van der Waals surface area contributed by atoms with Crippen LogP contribution < -0.4 is 10.2 Å². The fourth-order valence-corrected chi connectivity index (χ4v) is 3.94. The second-order valence-corrected chi connectivity index (χ2v) is 7.66. The van der Waals surface area contributed by atoms with Crippen LogP contribution in [-0.4, -0.2) is 17.7 Å². The Labute approximate surface area is 168 Å². The standard InChI is InChI=1S/C22H19ClN2O3/c1-13-5-10-18-19(11-13)22(28)25(21(18)27)17-4-2-3-14(12-17)20(26)24-16-8-6-15(23)7-9-16/h2-9,12,18-19H,10-11H2,1H3,(H,24,26)/t18-,19+/m1/s1. The molecule has 6 heteroatoms. The molecule has 28 heavy (non-hydrogen) atoms. The molecule has 2 atom stereocenters. The molecule has 142 valence electrons. The third-order valence-corrected chi connectivity index (χ3v) is 5.54. The van der Waals surface area contributed by atoms with Crippen molar-refractivity contribution in [2.75, 3.05) is 10.2 Å². The molecule has 4 rings (SSSR count). The first-order chi connectivity index (χ1) is 13.4. The molecule has 2 aliphatic rings. The number of imide groups is 1. The summed E-state index contributed by atoms with van der Waals surface area (Å²) in [5, 5.41) is 3.37. The second kappa shape index (κ2) is 7.24. The van der Waals surface area contributed by atoms with E-state index in [1.54, 1.807) is 48.5 Å². The minimum Gasteiger partial charge on any atom is -0.322 e. The Hall–Kier alpha value is -2.92. The average molecular weight is 395 g/mol. The molecule has 3 amide bonds. The quantitative estimate of drug-likeness (QED) is 0.618. The largest absolute Gasteiger partial charge is 0.322 e. The van der Waals surface area contributed by atoms with Crippen molar-refractivity contribution in [2.45, 2.75) is 19.8 Å². The Bertz CT molecular complexity index is 997. The van der Waals surface area contributed by atoms with Gasteiger partial charge in [-0.25, -0.2) is 0 Å². The number of amides is 3. The Morgan fingerprint density at radius 1 is 1.07 bits per heavy atom.